The lowest BCUT2D eigenvalue weighted by atomic mass is 10.2. The maximum atomic E-state index is 11.8. The van der Waals surface area contributed by atoms with Crippen molar-refractivity contribution in [1.29, 1.82) is 0 Å². The molecule has 1 aromatic carbocycles. The van der Waals surface area contributed by atoms with Crippen molar-refractivity contribution in [3.8, 4) is 0 Å². The number of benzene rings is 1. The summed E-state index contributed by atoms with van der Waals surface area (Å²) in [7, 11) is -2.42. The SMILES string of the molecule is FC(F)(F)c1ccccc1.NN=S(=O)=O. The number of halogens is 3. The van der Waals surface area contributed by atoms with E-state index in [2.05, 4.69) is 10.3 Å². The predicted molar refractivity (Wildman–Crippen MR) is 47.0 cm³/mol. The molecular formula is C7H7F3N2O2S. The van der Waals surface area contributed by atoms with Crippen LogP contribution < -0.4 is 5.84 Å². The largest absolute Gasteiger partial charge is 0.416 e. The molecule has 0 atom stereocenters. The molecule has 8 heteroatoms. The van der Waals surface area contributed by atoms with Crippen molar-refractivity contribution < 1.29 is 21.6 Å². The molecule has 0 spiro atoms. The van der Waals surface area contributed by atoms with E-state index in [-0.39, 0.29) is 0 Å². The Morgan fingerprint density at radius 1 is 1.13 bits per heavy atom. The molecule has 0 radical (unpaired) electrons. The van der Waals surface area contributed by atoms with E-state index < -0.39 is 22.2 Å². The molecule has 0 amide bonds. The second kappa shape index (κ2) is 6.14. The second-order valence-corrected chi connectivity index (χ2v) is 2.83. The highest BCUT2D eigenvalue weighted by atomic mass is 32.2. The molecule has 0 aliphatic rings. The second-order valence-electron chi connectivity index (χ2n) is 2.19. The lowest BCUT2D eigenvalue weighted by Crippen LogP contribution is -2.03. The van der Waals surface area contributed by atoms with E-state index in [1.54, 1.807) is 6.07 Å². The van der Waals surface area contributed by atoms with Crippen molar-refractivity contribution in [3.63, 3.8) is 0 Å². The van der Waals surface area contributed by atoms with Crippen LogP contribution in [0.1, 0.15) is 5.56 Å². The first-order chi connectivity index (χ1) is 6.88. The summed E-state index contributed by atoms with van der Waals surface area (Å²) in [6.07, 6.45) is -4.21. The Bertz CT molecular complexity index is 406. The minimum Gasteiger partial charge on any atom is -0.212 e. The summed E-state index contributed by atoms with van der Waals surface area (Å²) >= 11 is 0. The minimum absolute atomic E-state index is 0.602. The van der Waals surface area contributed by atoms with Gasteiger partial charge in [0.2, 0.25) is 0 Å². The molecule has 0 aromatic heterocycles. The topological polar surface area (TPSA) is 72.5 Å². The zero-order valence-corrected chi connectivity index (χ0v) is 8.09. The summed E-state index contributed by atoms with van der Waals surface area (Å²) in [6, 6.07) is 6.36. The van der Waals surface area contributed by atoms with E-state index in [4.69, 9.17) is 8.42 Å². The third kappa shape index (κ3) is 6.63. The van der Waals surface area contributed by atoms with Gasteiger partial charge in [-0.2, -0.15) is 21.6 Å². The Kier molecular flexibility index (Phi) is 5.57. The highest BCUT2D eigenvalue weighted by Gasteiger charge is 2.29. The first kappa shape index (κ1) is 13.6. The molecule has 0 unspecified atom stereocenters. The fourth-order valence-electron chi connectivity index (χ4n) is 0.627. The normalized spacial score (nSPS) is 9.87. The molecule has 0 heterocycles. The van der Waals surface area contributed by atoms with Gasteiger partial charge in [-0.25, -0.2) is 5.84 Å². The van der Waals surface area contributed by atoms with Gasteiger partial charge < -0.3 is 0 Å². The van der Waals surface area contributed by atoms with E-state index in [0.29, 0.717) is 0 Å². The van der Waals surface area contributed by atoms with E-state index >= 15 is 0 Å². The summed E-state index contributed by atoms with van der Waals surface area (Å²) in [6.45, 7) is 0. The minimum atomic E-state index is -4.21. The quantitative estimate of drug-likeness (QED) is 0.553. The molecule has 1 rings (SSSR count). The van der Waals surface area contributed by atoms with Crippen LogP contribution in [0.15, 0.2) is 34.8 Å². The van der Waals surface area contributed by atoms with Crippen LogP contribution in [-0.4, -0.2) is 8.42 Å². The highest BCUT2D eigenvalue weighted by molar-refractivity contribution is 7.61. The third-order valence-corrected chi connectivity index (χ3v) is 1.36. The Hall–Kier alpha value is -1.41. The molecule has 4 nitrogen and oxygen atoms in total. The lowest BCUT2D eigenvalue weighted by molar-refractivity contribution is -0.137. The average molecular weight is 240 g/mol. The maximum absolute atomic E-state index is 11.8. The summed E-state index contributed by atoms with van der Waals surface area (Å²) in [4.78, 5) is 0. The standard InChI is InChI=1S/C7H5F3.H2N2O2S/c8-7(9,10)6-4-2-1-3-5-6;1-2-5(3)4/h1-5H;1H2. The van der Waals surface area contributed by atoms with Crippen LogP contribution in [0, 0.1) is 0 Å². The van der Waals surface area contributed by atoms with E-state index in [0.717, 1.165) is 12.1 Å². The zero-order chi connectivity index (χ0) is 11.9. The summed E-state index contributed by atoms with van der Waals surface area (Å²) in [5.41, 5.74) is -0.602. The van der Waals surface area contributed by atoms with Gasteiger partial charge in [0, 0.05) is 0 Å². The van der Waals surface area contributed by atoms with Gasteiger partial charge in [0.1, 0.15) is 0 Å². The number of hydrogen-bond acceptors (Lipinski definition) is 3. The number of nitrogens with zero attached hydrogens (tertiary/aromatic N) is 1. The van der Waals surface area contributed by atoms with Crippen LogP contribution >= 0.6 is 0 Å². The Morgan fingerprint density at radius 3 is 1.73 bits per heavy atom. The lowest BCUT2D eigenvalue weighted by Gasteiger charge is -2.03. The van der Waals surface area contributed by atoms with Crippen LogP contribution in [0.2, 0.25) is 0 Å². The van der Waals surface area contributed by atoms with Crippen LogP contribution in [0.25, 0.3) is 0 Å². The Morgan fingerprint density at radius 2 is 1.53 bits per heavy atom. The van der Waals surface area contributed by atoms with Crippen LogP contribution in [0.3, 0.4) is 0 Å². The Balaban J connectivity index is 0.000000336. The molecule has 0 bridgehead atoms. The van der Waals surface area contributed by atoms with Gasteiger partial charge in [-0.3, -0.25) is 0 Å². The summed E-state index contributed by atoms with van der Waals surface area (Å²) < 4.78 is 55.8. The van der Waals surface area contributed by atoms with Gasteiger partial charge in [-0.15, -0.1) is 0 Å². The summed E-state index contributed by atoms with van der Waals surface area (Å²) in [5, 5.41) is 0. The first-order valence-corrected chi connectivity index (χ1v) is 4.53. The molecule has 2 N–H and O–H groups in total. The fourth-order valence-corrected chi connectivity index (χ4v) is 0.627. The molecule has 1 aromatic rings. The average Bonchev–Trinajstić information content (AvgIpc) is 2.19. The van der Waals surface area contributed by atoms with Gasteiger partial charge >= 0.3 is 16.7 Å². The summed E-state index contributed by atoms with van der Waals surface area (Å²) in [5.74, 6) is 4.18. The van der Waals surface area contributed by atoms with Crippen molar-refractivity contribution in [2.45, 2.75) is 6.18 Å². The molecule has 0 fully saturated rings. The molecule has 84 valence electrons. The zero-order valence-electron chi connectivity index (χ0n) is 7.27. The van der Waals surface area contributed by atoms with Crippen LogP contribution in [0.4, 0.5) is 13.2 Å². The molecule has 15 heavy (non-hydrogen) atoms. The predicted octanol–water partition coefficient (Wildman–Crippen LogP) is 1.63. The number of rotatable bonds is 0. The molecule has 0 aliphatic heterocycles. The maximum Gasteiger partial charge on any atom is 0.416 e. The molecule has 0 aliphatic carbocycles. The molecule has 0 saturated heterocycles. The van der Waals surface area contributed by atoms with Gasteiger partial charge in [0.25, 0.3) is 0 Å². The van der Waals surface area contributed by atoms with Gasteiger partial charge in [0.05, 0.1) is 5.56 Å². The number of hydrogen-bond donors (Lipinski definition) is 1. The smallest absolute Gasteiger partial charge is 0.212 e. The van der Waals surface area contributed by atoms with Crippen LogP contribution in [-0.2, 0) is 16.7 Å². The third-order valence-electron chi connectivity index (χ3n) is 1.19. The van der Waals surface area contributed by atoms with Crippen molar-refractivity contribution in [2.75, 3.05) is 0 Å². The van der Waals surface area contributed by atoms with E-state index in [1.165, 1.54) is 12.1 Å². The van der Waals surface area contributed by atoms with E-state index in [1.807, 2.05) is 0 Å². The number of nitrogens with two attached hydrogens (primary N) is 1. The Labute approximate surface area is 85.2 Å². The highest BCUT2D eigenvalue weighted by Crippen LogP contribution is 2.28. The van der Waals surface area contributed by atoms with Gasteiger partial charge in [-0.1, -0.05) is 34.8 Å². The monoisotopic (exact) mass is 240 g/mol. The van der Waals surface area contributed by atoms with E-state index in [9.17, 15) is 13.2 Å². The number of alkyl halides is 3. The molecule has 0 saturated carbocycles. The first-order valence-electron chi connectivity index (χ1n) is 3.50. The van der Waals surface area contributed by atoms with Crippen molar-refractivity contribution >= 4 is 10.5 Å². The van der Waals surface area contributed by atoms with Crippen molar-refractivity contribution in [2.24, 2.45) is 10.3 Å². The van der Waals surface area contributed by atoms with Gasteiger partial charge in [0.15, 0.2) is 0 Å². The fraction of sp³-hybridized carbons (Fsp3) is 0.143. The van der Waals surface area contributed by atoms with Gasteiger partial charge in [-0.05, 0) is 0 Å². The molecular weight excluding hydrogens is 233 g/mol. The van der Waals surface area contributed by atoms with Crippen LogP contribution in [0.5, 0.6) is 0 Å². The van der Waals surface area contributed by atoms with Crippen molar-refractivity contribution in [1.82, 2.24) is 0 Å². The van der Waals surface area contributed by atoms with Crippen molar-refractivity contribution in [3.05, 3.63) is 35.9 Å².